The molecule has 0 aromatic carbocycles. The van der Waals surface area contributed by atoms with Crippen molar-refractivity contribution in [2.24, 2.45) is 0 Å². The second-order valence-electron chi connectivity index (χ2n) is 5.09. The highest BCUT2D eigenvalue weighted by Crippen LogP contribution is 2.30. The van der Waals surface area contributed by atoms with Gasteiger partial charge in [-0.3, -0.25) is 0 Å². The van der Waals surface area contributed by atoms with E-state index in [1.54, 1.807) is 0 Å². The van der Waals surface area contributed by atoms with Crippen molar-refractivity contribution in [2.75, 3.05) is 29.9 Å². The first kappa shape index (κ1) is 14.8. The van der Waals surface area contributed by atoms with Crippen LogP contribution in [0.1, 0.15) is 33.6 Å². The van der Waals surface area contributed by atoms with E-state index in [9.17, 15) is 5.11 Å². The zero-order valence-corrected chi connectivity index (χ0v) is 12.3. The molecule has 0 bridgehead atoms. The standard InChI is InChI=1S/C13H23N5O2/c1-4-14-11-15-12(17-13(16-11)20-9(2)3)18(7-8-19)10-5-6-10/h9-10,19H,4-8H2,1-3H3,(H,14,15,16,17). The number of hydrogen-bond donors (Lipinski definition) is 2. The van der Waals surface area contributed by atoms with Crippen LogP contribution in [0.15, 0.2) is 0 Å². The SMILES string of the molecule is CCNc1nc(OC(C)C)nc(N(CCO)C2CC2)n1. The van der Waals surface area contributed by atoms with E-state index in [1.807, 2.05) is 25.7 Å². The van der Waals surface area contributed by atoms with Crippen molar-refractivity contribution in [2.45, 2.75) is 45.8 Å². The molecular formula is C13H23N5O2. The van der Waals surface area contributed by atoms with Gasteiger partial charge in [0.25, 0.3) is 0 Å². The van der Waals surface area contributed by atoms with E-state index in [4.69, 9.17) is 4.74 Å². The van der Waals surface area contributed by atoms with E-state index in [-0.39, 0.29) is 12.7 Å². The Balaban J connectivity index is 2.26. The van der Waals surface area contributed by atoms with Gasteiger partial charge < -0.3 is 20.1 Å². The topological polar surface area (TPSA) is 83.4 Å². The largest absolute Gasteiger partial charge is 0.461 e. The van der Waals surface area contributed by atoms with Crippen molar-refractivity contribution in [3.8, 4) is 6.01 Å². The summed E-state index contributed by atoms with van der Waals surface area (Å²) >= 11 is 0. The molecule has 2 N–H and O–H groups in total. The molecule has 0 amide bonds. The number of aliphatic hydroxyl groups excluding tert-OH is 1. The molecule has 0 atom stereocenters. The van der Waals surface area contributed by atoms with Crippen LogP contribution in [0.25, 0.3) is 0 Å². The van der Waals surface area contributed by atoms with Crippen LogP contribution < -0.4 is 15.0 Å². The third-order valence-corrected chi connectivity index (χ3v) is 2.86. The highest BCUT2D eigenvalue weighted by Gasteiger charge is 2.31. The molecule has 0 radical (unpaired) electrons. The van der Waals surface area contributed by atoms with Gasteiger partial charge in [-0.2, -0.15) is 15.0 Å². The second kappa shape index (κ2) is 6.69. The first-order valence-corrected chi connectivity index (χ1v) is 7.18. The number of rotatable bonds is 8. The lowest BCUT2D eigenvalue weighted by atomic mass is 10.5. The Bertz CT molecular complexity index is 437. The first-order valence-electron chi connectivity index (χ1n) is 7.18. The van der Waals surface area contributed by atoms with E-state index < -0.39 is 0 Å². The number of ether oxygens (including phenoxy) is 1. The Morgan fingerprint density at radius 3 is 2.65 bits per heavy atom. The molecule has 0 spiro atoms. The van der Waals surface area contributed by atoms with Crippen LogP contribution in [0.2, 0.25) is 0 Å². The third-order valence-electron chi connectivity index (χ3n) is 2.86. The summed E-state index contributed by atoms with van der Waals surface area (Å²) in [4.78, 5) is 15.0. The molecule has 1 aromatic heterocycles. The molecule has 7 nitrogen and oxygen atoms in total. The molecule has 0 saturated heterocycles. The van der Waals surface area contributed by atoms with Gasteiger partial charge in [0.05, 0.1) is 12.7 Å². The summed E-state index contributed by atoms with van der Waals surface area (Å²) < 4.78 is 5.58. The number of nitrogens with one attached hydrogen (secondary N) is 1. The first-order chi connectivity index (χ1) is 9.63. The predicted molar refractivity (Wildman–Crippen MR) is 77.2 cm³/mol. The Kier molecular flexibility index (Phi) is 4.94. The van der Waals surface area contributed by atoms with E-state index in [0.29, 0.717) is 30.5 Å². The van der Waals surface area contributed by atoms with Crippen molar-refractivity contribution in [3.63, 3.8) is 0 Å². The molecule has 112 valence electrons. The summed E-state index contributed by atoms with van der Waals surface area (Å²) in [6.45, 7) is 7.19. The highest BCUT2D eigenvalue weighted by molar-refractivity contribution is 5.40. The lowest BCUT2D eigenvalue weighted by Gasteiger charge is -2.22. The number of aliphatic hydroxyl groups is 1. The molecule has 7 heteroatoms. The summed E-state index contributed by atoms with van der Waals surface area (Å²) in [6.07, 6.45) is 2.23. The summed E-state index contributed by atoms with van der Waals surface area (Å²) in [7, 11) is 0. The van der Waals surface area contributed by atoms with E-state index in [1.165, 1.54) is 0 Å². The monoisotopic (exact) mass is 281 g/mol. The summed E-state index contributed by atoms with van der Waals surface area (Å²) in [6, 6.07) is 0.746. The molecule has 1 aromatic rings. The van der Waals surface area contributed by atoms with Crippen molar-refractivity contribution >= 4 is 11.9 Å². The van der Waals surface area contributed by atoms with Crippen LogP contribution in [-0.2, 0) is 0 Å². The molecule has 1 saturated carbocycles. The maximum Gasteiger partial charge on any atom is 0.323 e. The van der Waals surface area contributed by atoms with E-state index in [2.05, 4.69) is 20.3 Å². The minimum Gasteiger partial charge on any atom is -0.461 e. The number of hydrogen-bond acceptors (Lipinski definition) is 7. The quantitative estimate of drug-likeness (QED) is 0.737. The minimum absolute atomic E-state index is 0.00643. The van der Waals surface area contributed by atoms with Gasteiger partial charge in [-0.25, -0.2) is 0 Å². The summed E-state index contributed by atoms with van der Waals surface area (Å²) in [5, 5.41) is 12.3. The van der Waals surface area contributed by atoms with Gasteiger partial charge in [-0.05, 0) is 33.6 Å². The maximum atomic E-state index is 9.20. The smallest absolute Gasteiger partial charge is 0.323 e. The van der Waals surface area contributed by atoms with Crippen molar-refractivity contribution < 1.29 is 9.84 Å². The van der Waals surface area contributed by atoms with Gasteiger partial charge in [-0.15, -0.1) is 0 Å². The molecule has 1 aliphatic rings. The van der Waals surface area contributed by atoms with Crippen LogP contribution in [0, 0.1) is 0 Å². The molecule has 20 heavy (non-hydrogen) atoms. The highest BCUT2D eigenvalue weighted by atomic mass is 16.5. The average Bonchev–Trinajstić information content (AvgIpc) is 3.19. The van der Waals surface area contributed by atoms with Gasteiger partial charge in [0.1, 0.15) is 0 Å². The lowest BCUT2D eigenvalue weighted by molar-refractivity contribution is 0.221. The van der Waals surface area contributed by atoms with Crippen molar-refractivity contribution in [1.29, 1.82) is 0 Å². The van der Waals surface area contributed by atoms with Gasteiger partial charge in [0, 0.05) is 19.1 Å². The summed E-state index contributed by atoms with van der Waals surface area (Å²) in [5.41, 5.74) is 0. The van der Waals surface area contributed by atoms with Gasteiger partial charge in [-0.1, -0.05) is 0 Å². The Morgan fingerprint density at radius 1 is 1.35 bits per heavy atom. The zero-order valence-electron chi connectivity index (χ0n) is 12.3. The molecule has 2 rings (SSSR count). The Hall–Kier alpha value is -1.63. The van der Waals surface area contributed by atoms with Gasteiger partial charge in [0.2, 0.25) is 11.9 Å². The normalized spacial score (nSPS) is 14.4. The van der Waals surface area contributed by atoms with E-state index >= 15 is 0 Å². The minimum atomic E-state index is 0.00643. The Morgan fingerprint density at radius 2 is 2.10 bits per heavy atom. The third kappa shape index (κ3) is 3.93. The number of nitrogens with zero attached hydrogens (tertiary/aromatic N) is 4. The van der Waals surface area contributed by atoms with Crippen LogP contribution in [0.5, 0.6) is 6.01 Å². The van der Waals surface area contributed by atoms with Crippen LogP contribution >= 0.6 is 0 Å². The van der Waals surface area contributed by atoms with E-state index in [0.717, 1.165) is 19.4 Å². The fourth-order valence-electron chi connectivity index (χ4n) is 1.91. The van der Waals surface area contributed by atoms with Gasteiger partial charge >= 0.3 is 6.01 Å². The predicted octanol–water partition coefficient (Wildman–Crippen LogP) is 1.05. The molecule has 1 fully saturated rings. The average molecular weight is 281 g/mol. The van der Waals surface area contributed by atoms with Crippen LogP contribution in [0.4, 0.5) is 11.9 Å². The Labute approximate surface area is 119 Å². The van der Waals surface area contributed by atoms with Gasteiger partial charge in [0.15, 0.2) is 0 Å². The lowest BCUT2D eigenvalue weighted by Crippen LogP contribution is -2.31. The van der Waals surface area contributed by atoms with Crippen molar-refractivity contribution in [3.05, 3.63) is 0 Å². The molecule has 0 unspecified atom stereocenters. The summed E-state index contributed by atoms with van der Waals surface area (Å²) in [5.74, 6) is 1.08. The van der Waals surface area contributed by atoms with Crippen LogP contribution in [-0.4, -0.2) is 51.9 Å². The maximum absolute atomic E-state index is 9.20. The molecule has 1 aliphatic carbocycles. The fraction of sp³-hybridized carbons (Fsp3) is 0.769. The fourth-order valence-corrected chi connectivity index (χ4v) is 1.91. The van der Waals surface area contributed by atoms with Crippen molar-refractivity contribution in [1.82, 2.24) is 15.0 Å². The molecule has 1 heterocycles. The second-order valence-corrected chi connectivity index (χ2v) is 5.09. The molecule has 0 aliphatic heterocycles. The number of anilines is 2. The molecular weight excluding hydrogens is 258 g/mol. The zero-order chi connectivity index (χ0) is 14.5. The van der Waals surface area contributed by atoms with Crippen LogP contribution in [0.3, 0.4) is 0 Å². The number of aromatic nitrogens is 3.